The second kappa shape index (κ2) is 44.1. The first-order chi connectivity index (χ1) is 26.5. The Morgan fingerprint density at radius 2 is 0.870 bits per heavy atom. The molecule has 0 heterocycles. The summed E-state index contributed by atoms with van der Waals surface area (Å²) in [5.74, 6) is -0.0973. The van der Waals surface area contributed by atoms with Gasteiger partial charge in [-0.2, -0.15) is 0 Å². The smallest absolute Gasteiger partial charge is 0.305 e. The van der Waals surface area contributed by atoms with E-state index < -0.39 is 12.1 Å². The number of rotatable bonds is 43. The van der Waals surface area contributed by atoms with Crippen LogP contribution in [0.25, 0.3) is 0 Å². The molecule has 2 unspecified atom stereocenters. The lowest BCUT2D eigenvalue weighted by Gasteiger charge is -2.20. The average Bonchev–Trinajstić information content (AvgIpc) is 3.17. The van der Waals surface area contributed by atoms with E-state index in [2.05, 4.69) is 31.3 Å². The maximum atomic E-state index is 12.4. The quantitative estimate of drug-likeness (QED) is 0.0327. The van der Waals surface area contributed by atoms with Gasteiger partial charge in [0, 0.05) is 12.8 Å². The standard InChI is InChI=1S/C48H91NO5/c1-3-5-7-9-11-13-15-22-26-30-34-38-42-48(53)54-43-39-35-31-27-23-20-18-16-17-19-21-25-29-33-37-41-47(52)49-45(44-50)46(51)40-36-32-28-24-14-12-10-8-6-4-2/h18,20,36,40,45-46,50-51H,3-17,19,21-35,37-39,41-44H2,1-2H3,(H,49,52)/b20-18-,40-36+. The predicted molar refractivity (Wildman–Crippen MR) is 232 cm³/mol. The second-order valence-electron chi connectivity index (χ2n) is 16.1. The summed E-state index contributed by atoms with van der Waals surface area (Å²) in [4.78, 5) is 24.3. The van der Waals surface area contributed by atoms with Crippen LogP contribution in [0.3, 0.4) is 0 Å². The summed E-state index contributed by atoms with van der Waals surface area (Å²) in [5, 5.41) is 22.9. The first kappa shape index (κ1) is 52.3. The van der Waals surface area contributed by atoms with E-state index in [1.807, 2.05) is 6.08 Å². The van der Waals surface area contributed by atoms with Crippen LogP contribution in [-0.2, 0) is 14.3 Å². The highest BCUT2D eigenvalue weighted by Crippen LogP contribution is 2.14. The summed E-state index contributed by atoms with van der Waals surface area (Å²) in [6, 6.07) is -0.636. The number of nitrogens with one attached hydrogen (secondary N) is 1. The molecule has 6 heteroatoms. The van der Waals surface area contributed by atoms with Crippen LogP contribution < -0.4 is 5.32 Å². The Bertz CT molecular complexity index is 843. The molecule has 0 saturated heterocycles. The number of carbonyl (C=O) groups excluding carboxylic acids is 2. The highest BCUT2D eigenvalue weighted by molar-refractivity contribution is 5.76. The van der Waals surface area contributed by atoms with Gasteiger partial charge in [0.15, 0.2) is 0 Å². The Morgan fingerprint density at radius 3 is 1.31 bits per heavy atom. The summed E-state index contributed by atoms with van der Waals surface area (Å²) in [7, 11) is 0. The summed E-state index contributed by atoms with van der Waals surface area (Å²) < 4.78 is 5.44. The van der Waals surface area contributed by atoms with Gasteiger partial charge in [0.2, 0.25) is 5.91 Å². The van der Waals surface area contributed by atoms with E-state index in [-0.39, 0.29) is 18.5 Å². The van der Waals surface area contributed by atoms with Crippen molar-refractivity contribution in [1.82, 2.24) is 5.32 Å². The SMILES string of the molecule is CCCCCCCCCC/C=C/C(O)C(CO)NC(=O)CCCCCCCCC/C=C\CCCCCCOC(=O)CCCCCCCCCCCCCC. The van der Waals surface area contributed by atoms with Crippen molar-refractivity contribution in [3.8, 4) is 0 Å². The van der Waals surface area contributed by atoms with Crippen molar-refractivity contribution in [3.05, 3.63) is 24.3 Å². The molecule has 54 heavy (non-hydrogen) atoms. The van der Waals surface area contributed by atoms with Crippen LogP contribution in [0.15, 0.2) is 24.3 Å². The normalized spacial score (nSPS) is 12.9. The minimum atomic E-state index is -0.851. The highest BCUT2D eigenvalue weighted by Gasteiger charge is 2.18. The summed E-state index contributed by atoms with van der Waals surface area (Å²) in [6.07, 6.45) is 50.3. The molecule has 6 nitrogen and oxygen atoms in total. The number of unbranched alkanes of at least 4 members (excludes halogenated alkanes) is 30. The lowest BCUT2D eigenvalue weighted by atomic mass is 10.0. The molecule has 0 saturated carbocycles. The molecule has 0 radical (unpaired) electrons. The van der Waals surface area contributed by atoms with E-state index in [0.717, 1.165) is 70.6 Å². The van der Waals surface area contributed by atoms with Gasteiger partial charge in [-0.1, -0.05) is 199 Å². The molecule has 0 aliphatic carbocycles. The van der Waals surface area contributed by atoms with Gasteiger partial charge in [0.1, 0.15) is 0 Å². The van der Waals surface area contributed by atoms with Crippen molar-refractivity contribution in [1.29, 1.82) is 0 Å². The average molecular weight is 762 g/mol. The van der Waals surface area contributed by atoms with Gasteiger partial charge in [0.25, 0.3) is 0 Å². The van der Waals surface area contributed by atoms with Crippen LogP contribution in [0.4, 0.5) is 0 Å². The van der Waals surface area contributed by atoms with Crippen molar-refractivity contribution in [2.45, 2.75) is 257 Å². The number of carbonyl (C=O) groups is 2. The zero-order valence-corrected chi connectivity index (χ0v) is 36.0. The molecule has 0 fully saturated rings. The number of ether oxygens (including phenoxy) is 1. The fourth-order valence-corrected chi connectivity index (χ4v) is 7.04. The van der Waals surface area contributed by atoms with E-state index in [9.17, 15) is 19.8 Å². The van der Waals surface area contributed by atoms with E-state index in [4.69, 9.17) is 4.74 Å². The summed E-state index contributed by atoms with van der Waals surface area (Å²) >= 11 is 0. The molecule has 0 aliphatic heterocycles. The van der Waals surface area contributed by atoms with Gasteiger partial charge in [-0.15, -0.1) is 0 Å². The van der Waals surface area contributed by atoms with Crippen molar-refractivity contribution < 1.29 is 24.5 Å². The fourth-order valence-electron chi connectivity index (χ4n) is 7.04. The molecule has 0 spiro atoms. The number of esters is 1. The maximum absolute atomic E-state index is 12.4. The molecule has 0 aliphatic rings. The number of amides is 1. The number of hydrogen-bond acceptors (Lipinski definition) is 5. The largest absolute Gasteiger partial charge is 0.466 e. The van der Waals surface area contributed by atoms with Crippen molar-refractivity contribution in [2.75, 3.05) is 13.2 Å². The monoisotopic (exact) mass is 762 g/mol. The zero-order valence-electron chi connectivity index (χ0n) is 36.0. The van der Waals surface area contributed by atoms with Crippen LogP contribution in [0.2, 0.25) is 0 Å². The lowest BCUT2D eigenvalue weighted by molar-refractivity contribution is -0.143. The number of allylic oxidation sites excluding steroid dienone is 3. The number of aliphatic hydroxyl groups is 2. The highest BCUT2D eigenvalue weighted by atomic mass is 16.5. The lowest BCUT2D eigenvalue weighted by Crippen LogP contribution is -2.45. The molecule has 0 rings (SSSR count). The van der Waals surface area contributed by atoms with E-state index in [1.54, 1.807) is 6.08 Å². The van der Waals surface area contributed by atoms with Crippen LogP contribution in [0.5, 0.6) is 0 Å². The molecule has 0 aromatic rings. The zero-order chi connectivity index (χ0) is 39.4. The van der Waals surface area contributed by atoms with Crippen LogP contribution in [0, 0.1) is 0 Å². The minimum Gasteiger partial charge on any atom is -0.466 e. The Kier molecular flexibility index (Phi) is 42.7. The third kappa shape index (κ3) is 40.0. The predicted octanol–water partition coefficient (Wildman–Crippen LogP) is 13.6. The molecule has 1 amide bonds. The molecule has 0 aromatic heterocycles. The Balaban J connectivity index is 3.50. The van der Waals surface area contributed by atoms with Gasteiger partial charge < -0.3 is 20.3 Å². The molecule has 2 atom stereocenters. The molecule has 318 valence electrons. The van der Waals surface area contributed by atoms with E-state index in [0.29, 0.717) is 19.4 Å². The topological polar surface area (TPSA) is 95.9 Å². The summed E-state index contributed by atoms with van der Waals surface area (Å²) in [6.45, 7) is 4.83. The molecule has 0 bridgehead atoms. The molecular formula is C48H91NO5. The molecule has 3 N–H and O–H groups in total. The molecule has 0 aromatic carbocycles. The first-order valence-electron chi connectivity index (χ1n) is 23.6. The number of aliphatic hydroxyl groups excluding tert-OH is 2. The Hall–Kier alpha value is -1.66. The minimum absolute atomic E-state index is 0.0115. The second-order valence-corrected chi connectivity index (χ2v) is 16.1. The third-order valence-corrected chi connectivity index (χ3v) is 10.7. The van der Waals surface area contributed by atoms with Gasteiger partial charge >= 0.3 is 5.97 Å². The van der Waals surface area contributed by atoms with Crippen LogP contribution in [-0.4, -0.2) is 47.4 Å². The third-order valence-electron chi connectivity index (χ3n) is 10.7. The Labute approximate surface area is 335 Å². The van der Waals surface area contributed by atoms with Gasteiger partial charge in [-0.3, -0.25) is 9.59 Å². The summed E-state index contributed by atoms with van der Waals surface area (Å²) in [5.41, 5.74) is 0. The Morgan fingerprint density at radius 1 is 0.500 bits per heavy atom. The fraction of sp³-hybridized carbons (Fsp3) is 0.875. The van der Waals surface area contributed by atoms with Crippen LogP contribution >= 0.6 is 0 Å². The van der Waals surface area contributed by atoms with Crippen molar-refractivity contribution in [3.63, 3.8) is 0 Å². The van der Waals surface area contributed by atoms with Gasteiger partial charge in [-0.05, 0) is 57.8 Å². The molecular weight excluding hydrogens is 671 g/mol. The maximum Gasteiger partial charge on any atom is 0.305 e. The van der Waals surface area contributed by atoms with Crippen molar-refractivity contribution in [2.24, 2.45) is 0 Å². The van der Waals surface area contributed by atoms with Crippen LogP contribution in [0.1, 0.15) is 245 Å². The number of hydrogen-bond donors (Lipinski definition) is 3. The van der Waals surface area contributed by atoms with Gasteiger partial charge in [0.05, 0.1) is 25.4 Å². The first-order valence-corrected chi connectivity index (χ1v) is 23.6. The van der Waals surface area contributed by atoms with E-state index >= 15 is 0 Å². The van der Waals surface area contributed by atoms with Gasteiger partial charge in [-0.25, -0.2) is 0 Å². The van der Waals surface area contributed by atoms with Crippen molar-refractivity contribution >= 4 is 11.9 Å². The van der Waals surface area contributed by atoms with E-state index in [1.165, 1.54) is 148 Å².